The first-order valence-electron chi connectivity index (χ1n) is 57.3. The summed E-state index contributed by atoms with van der Waals surface area (Å²) in [6.45, 7) is 130. The van der Waals surface area contributed by atoms with Crippen molar-refractivity contribution in [2.75, 3.05) is 291 Å². The average Bonchev–Trinajstić information content (AvgIpc) is 0.796. The van der Waals surface area contributed by atoms with Gasteiger partial charge in [-0.2, -0.15) is 0 Å². The molecule has 13 saturated heterocycles. The zero-order valence-corrected chi connectivity index (χ0v) is 101. The molecule has 0 aliphatic carbocycles. The average molecular weight is 2000 g/mol. The van der Waals surface area contributed by atoms with Crippen LogP contribution in [0.25, 0.3) is 9.69 Å². The fourth-order valence-corrected chi connectivity index (χ4v) is 21.9. The molecule has 1 N–H and O–H groups in total. The minimum absolute atomic E-state index is 0.126. The van der Waals surface area contributed by atoms with Crippen molar-refractivity contribution < 1.29 is 23.8 Å². The van der Waals surface area contributed by atoms with Crippen LogP contribution >= 0.6 is 0 Å². The van der Waals surface area contributed by atoms with Crippen molar-refractivity contribution in [2.24, 2.45) is 27.1 Å². The van der Waals surface area contributed by atoms with Gasteiger partial charge in [-0.3, -0.25) is 63.5 Å². The Labute approximate surface area is 879 Å². The number of nitrogens with zero attached hydrogens (tertiary/aromatic N) is 18. The van der Waals surface area contributed by atoms with E-state index in [1.54, 1.807) is 5.57 Å². The van der Waals surface area contributed by atoms with E-state index < -0.39 is 0 Å². The van der Waals surface area contributed by atoms with E-state index in [9.17, 15) is 9.59 Å². The van der Waals surface area contributed by atoms with Gasteiger partial charge in [0.15, 0.2) is 0 Å². The lowest BCUT2D eigenvalue weighted by Crippen LogP contribution is -2.59. The Morgan fingerprint density at radius 2 is 0.866 bits per heavy atom. The number of amides is 2. The van der Waals surface area contributed by atoms with Crippen LogP contribution in [-0.2, 0) is 23.8 Å². The van der Waals surface area contributed by atoms with Gasteiger partial charge in [-0.15, -0.1) is 0 Å². The predicted octanol–water partition coefficient (Wildman–Crippen LogP) is 19.1. The molecule has 0 bridgehead atoms. The lowest BCUT2D eigenvalue weighted by Gasteiger charge is -2.50. The maximum Gasteiger partial charge on any atom is 0.236 e. The Hall–Kier alpha value is -3.06. The van der Waals surface area contributed by atoms with Gasteiger partial charge in [-0.05, 0) is 295 Å². The third-order valence-corrected chi connectivity index (χ3v) is 31.0. The summed E-state index contributed by atoms with van der Waals surface area (Å²) in [5.41, 5.74) is 5.77. The van der Waals surface area contributed by atoms with Crippen LogP contribution in [0.1, 0.15) is 344 Å². The summed E-state index contributed by atoms with van der Waals surface area (Å²) in [4.78, 5) is 69.6. The number of likely N-dealkylation sites (N-methyl/N-ethyl adjacent to an activating group) is 2. The van der Waals surface area contributed by atoms with E-state index in [2.05, 4.69) is 333 Å². The number of ether oxygens (including phenoxy) is 3. The summed E-state index contributed by atoms with van der Waals surface area (Å²) in [6, 6.07) is 3.18. The van der Waals surface area contributed by atoms with Crippen LogP contribution in [-0.4, -0.2) is 451 Å². The molecule has 0 aromatic heterocycles. The van der Waals surface area contributed by atoms with Crippen LogP contribution < -0.4 is 5.32 Å². The molecular weight excluding hydrogens is 1760 g/mol. The minimum Gasteiger partial charge on any atom is -0.381 e. The van der Waals surface area contributed by atoms with Gasteiger partial charge in [0.1, 0.15) is 0 Å². The number of carbonyl (C=O) groups excluding carboxylic acids is 2. The van der Waals surface area contributed by atoms with Crippen molar-refractivity contribution >= 4 is 11.8 Å². The van der Waals surface area contributed by atoms with Gasteiger partial charge >= 0.3 is 0 Å². The molecule has 13 fully saturated rings. The van der Waals surface area contributed by atoms with Crippen molar-refractivity contribution in [2.45, 2.75) is 413 Å². The Balaban J connectivity index is 0.000000331. The zero-order valence-electron chi connectivity index (χ0n) is 101. The Kier molecular flexibility index (Phi) is 58.0. The van der Waals surface area contributed by atoms with E-state index in [1.165, 1.54) is 220 Å². The fourth-order valence-electron chi connectivity index (χ4n) is 21.9. The maximum atomic E-state index is 11.7. The molecule has 1 unspecified atom stereocenters. The van der Waals surface area contributed by atoms with Gasteiger partial charge in [-0.25, -0.2) is 13.1 Å². The first-order valence-corrected chi connectivity index (χ1v) is 57.3. The normalized spacial score (nSPS) is 23.8. The standard InChI is InChI=1S/C15H27N3.C14H27N3O.C14H27N3.C14H28N2O.C13H26N2O.C12H23N.C10H20N2O.C10H21N.C9H19NO.C7H17N/c1-15(2,3)18-10-7-14(8-11-18)17-9-5-6-13(12-17)16-4;1-14(2,3)17-7-5-12(6-8-17)16-10-9-15(4)13(18)11-16;1-12(15-5)11-16(6)13-7-9-17(10-8-13)14(2,3)4;1-13(2,3)15-7-5-14(4,6-8-15)16-9-11-17-12-10-16;1-13(2,3)15-8-6-14(7-9-15)12-4-10-16-11-5-12;1-12(2,3)8-5-11-6-9-13(4)10-7-11;1-10(2,3)4-6-12-7-5-11-8-9(12)13;1-10(2,3)9-11-7-5-4-6-8-11;1-9(2,3)8-10-4-6-11-7-5-10;1-7(2,3)6-8(4)5/h13-14H,5-12H2,1-3H3;12H,5-11H2,1-4H3;12-13H,7-11H2,1-4,6H3;5-12H2,1-4H3;12H,4-11H2,1-3H3;5H,6-10H2,1-4H3;11H,4-8H2,1-3H3;4-9H2,1-3H3;4-8H2,1-3H3;6H2,1-5H3/t13-;;;;;;;;;/m0........./s1. The van der Waals surface area contributed by atoms with Crippen LogP contribution in [0.3, 0.4) is 0 Å². The van der Waals surface area contributed by atoms with Gasteiger partial charge in [-0.1, -0.05) is 122 Å². The van der Waals surface area contributed by atoms with Crippen molar-refractivity contribution in [1.82, 2.24) is 83.7 Å². The quantitative estimate of drug-likeness (QED) is 0.138. The highest BCUT2D eigenvalue weighted by Gasteiger charge is 2.41. The van der Waals surface area contributed by atoms with Crippen molar-refractivity contribution in [3.8, 4) is 0 Å². The first-order chi connectivity index (χ1) is 65.7. The summed E-state index contributed by atoms with van der Waals surface area (Å²) in [7, 11) is 10.5. The number of rotatable bonds is 13. The molecule has 0 spiro atoms. The molecule has 2 atom stereocenters. The Morgan fingerprint density at radius 3 is 1.28 bits per heavy atom. The zero-order chi connectivity index (χ0) is 107. The van der Waals surface area contributed by atoms with Gasteiger partial charge in [0.2, 0.25) is 23.9 Å². The SMILES string of the molecule is CC(C)(C)CCN1CCNCC1=O.CC(C)(C)CN1CCCCC1.CC(C)(C)CN1CCOCC1.CC(C)(C)N1CCC(C)(N2CCOCC2)CC1.CC(C)(C)N1CCN(C2CCOCC2)CC1.CN(C)CC(C)(C)C.CN1CCC(=CCC(C)(C)C)CC1.CN1CCN(C2CCN(C(C)(C)C)CC2)CC1=O.[C-]#[N+]C(C)CN(C)C1CCN(C(C)(C)C)CC1.[C-]#[N+][C@H]1CCCN(C2CCN(C(C)(C)C)CC2)C1. The number of allylic oxidation sites excluding steroid dienone is 1. The monoisotopic (exact) mass is 2000 g/mol. The molecule has 24 nitrogen and oxygen atoms in total. The molecule has 24 heteroatoms. The summed E-state index contributed by atoms with van der Waals surface area (Å²) in [6.07, 6.45) is 26.4. The topological polar surface area (TPSA) is 134 Å². The summed E-state index contributed by atoms with van der Waals surface area (Å²) in [5, 5.41) is 3.07. The molecule has 0 aromatic rings. The second-order valence-corrected chi connectivity index (χ2v) is 56.0. The van der Waals surface area contributed by atoms with Gasteiger partial charge in [0.25, 0.3) is 0 Å². The third kappa shape index (κ3) is 56.3. The molecule has 832 valence electrons. The maximum absolute atomic E-state index is 11.7. The highest BCUT2D eigenvalue weighted by atomic mass is 16.5. The third-order valence-electron chi connectivity index (χ3n) is 31.0. The van der Waals surface area contributed by atoms with E-state index in [0.717, 1.165) is 156 Å². The second kappa shape index (κ2) is 62.8. The summed E-state index contributed by atoms with van der Waals surface area (Å²) in [5.74, 6) is 0.523. The van der Waals surface area contributed by atoms with Gasteiger partial charge in [0, 0.05) is 261 Å². The van der Waals surface area contributed by atoms with Crippen molar-refractivity contribution in [3.63, 3.8) is 0 Å². The number of morpholine rings is 2. The molecule has 0 saturated carbocycles. The smallest absolute Gasteiger partial charge is 0.236 e. The number of piperazine rings is 3. The number of carbonyl (C=O) groups is 2. The highest BCUT2D eigenvalue weighted by molar-refractivity contribution is 5.79. The minimum atomic E-state index is 0.126. The number of nitrogens with one attached hydrogen (secondary N) is 1. The van der Waals surface area contributed by atoms with E-state index in [-0.39, 0.29) is 29.4 Å². The lowest BCUT2D eigenvalue weighted by molar-refractivity contribution is -0.136. The van der Waals surface area contributed by atoms with E-state index in [1.807, 2.05) is 23.8 Å². The summed E-state index contributed by atoms with van der Waals surface area (Å²) < 4.78 is 16.2. The fraction of sp³-hybridized carbons (Fsp3) is 0.949. The lowest BCUT2D eigenvalue weighted by atomic mass is 9.85. The van der Waals surface area contributed by atoms with Crippen LogP contribution in [0.15, 0.2) is 11.6 Å². The Bertz CT molecular complexity index is 3410. The van der Waals surface area contributed by atoms with Crippen molar-refractivity contribution in [3.05, 3.63) is 34.5 Å². The molecule has 13 aliphatic rings. The van der Waals surface area contributed by atoms with Crippen LogP contribution in [0.4, 0.5) is 0 Å². The van der Waals surface area contributed by atoms with Crippen LogP contribution in [0.5, 0.6) is 0 Å². The Morgan fingerprint density at radius 1 is 0.437 bits per heavy atom. The number of hydrogen-bond donors (Lipinski definition) is 1. The van der Waals surface area contributed by atoms with Crippen molar-refractivity contribution in [1.29, 1.82) is 0 Å². The molecular formula is C118H235N19O5. The van der Waals surface area contributed by atoms with Crippen LogP contribution in [0.2, 0.25) is 0 Å². The molecule has 13 rings (SSSR count). The van der Waals surface area contributed by atoms with E-state index >= 15 is 0 Å². The molecule has 142 heavy (non-hydrogen) atoms. The molecule has 13 aliphatic heterocycles. The predicted molar refractivity (Wildman–Crippen MR) is 607 cm³/mol. The first kappa shape index (κ1) is 131. The van der Waals surface area contributed by atoms with Crippen LogP contribution in [0, 0.1) is 40.2 Å². The number of likely N-dealkylation sites (tertiary alicyclic amines) is 7. The molecule has 0 aromatic carbocycles. The molecule has 0 radical (unpaired) electrons. The van der Waals surface area contributed by atoms with E-state index in [4.69, 9.17) is 27.4 Å². The van der Waals surface area contributed by atoms with Gasteiger partial charge < -0.3 is 53.7 Å². The number of piperidine rings is 7. The molecule has 13 heterocycles. The number of hydrogen-bond acceptors (Lipinski definition) is 20. The molecule has 2 amide bonds. The largest absolute Gasteiger partial charge is 0.381 e. The highest BCUT2D eigenvalue weighted by Crippen LogP contribution is 2.35. The second-order valence-electron chi connectivity index (χ2n) is 56.0. The van der Waals surface area contributed by atoms with E-state index in [0.29, 0.717) is 79.9 Å². The van der Waals surface area contributed by atoms with Gasteiger partial charge in [0.05, 0.1) is 52.6 Å². The summed E-state index contributed by atoms with van der Waals surface area (Å²) >= 11 is 0.